The highest BCUT2D eigenvalue weighted by Gasteiger charge is 2.43. The molecule has 3 nitrogen and oxygen atoms in total. The summed E-state index contributed by atoms with van der Waals surface area (Å²) in [5, 5.41) is 0. The predicted octanol–water partition coefficient (Wildman–Crippen LogP) is 2.90. The summed E-state index contributed by atoms with van der Waals surface area (Å²) in [5.41, 5.74) is 1.72. The first-order valence-corrected chi connectivity index (χ1v) is 6.36. The van der Waals surface area contributed by atoms with Crippen molar-refractivity contribution in [3.05, 3.63) is 28.2 Å². The largest absolute Gasteiger partial charge is 0.274 e. The van der Waals surface area contributed by atoms with Crippen LogP contribution in [0.4, 0.5) is 5.69 Å². The van der Waals surface area contributed by atoms with Gasteiger partial charge in [0.2, 0.25) is 11.8 Å². The quantitative estimate of drug-likeness (QED) is 0.747. The first-order valence-electron chi connectivity index (χ1n) is 5.57. The Bertz CT molecular complexity index is 478. The lowest BCUT2D eigenvalue weighted by molar-refractivity contribution is -0.122. The van der Waals surface area contributed by atoms with E-state index in [1.165, 1.54) is 4.90 Å². The molecule has 0 aliphatic carbocycles. The van der Waals surface area contributed by atoms with E-state index in [-0.39, 0.29) is 23.7 Å². The maximum Gasteiger partial charge on any atom is 0.237 e. The highest BCUT2D eigenvalue weighted by atomic mass is 79.9. The van der Waals surface area contributed by atoms with E-state index in [2.05, 4.69) is 15.9 Å². The Balaban J connectivity index is 2.43. The van der Waals surface area contributed by atoms with Crippen LogP contribution < -0.4 is 4.90 Å². The molecule has 0 bridgehead atoms. The summed E-state index contributed by atoms with van der Waals surface area (Å²) in [7, 11) is 0. The molecule has 1 aromatic carbocycles. The molecule has 0 aromatic heterocycles. The molecule has 1 aromatic rings. The molecule has 2 amide bonds. The van der Waals surface area contributed by atoms with Gasteiger partial charge in [0.15, 0.2) is 0 Å². The number of amides is 2. The molecule has 4 heteroatoms. The fourth-order valence-electron chi connectivity index (χ4n) is 1.92. The van der Waals surface area contributed by atoms with Crippen LogP contribution >= 0.6 is 15.9 Å². The molecule has 1 heterocycles. The van der Waals surface area contributed by atoms with Gasteiger partial charge in [0, 0.05) is 16.3 Å². The SMILES string of the molecule is Cc1ccc(N2C(=O)C(C)C(C)C2=O)cc1Br. The Morgan fingerprint density at radius 1 is 1.12 bits per heavy atom. The zero-order valence-electron chi connectivity index (χ0n) is 10.0. The van der Waals surface area contributed by atoms with Crippen molar-refractivity contribution in [3.63, 3.8) is 0 Å². The molecule has 17 heavy (non-hydrogen) atoms. The Hall–Kier alpha value is -1.16. The monoisotopic (exact) mass is 295 g/mol. The Kier molecular flexibility index (Phi) is 3.08. The summed E-state index contributed by atoms with van der Waals surface area (Å²) >= 11 is 3.41. The molecule has 0 saturated carbocycles. The molecule has 1 aliphatic rings. The fraction of sp³-hybridized carbons (Fsp3) is 0.385. The van der Waals surface area contributed by atoms with Gasteiger partial charge in [-0.1, -0.05) is 35.8 Å². The minimum Gasteiger partial charge on any atom is -0.274 e. The molecule has 1 aliphatic heterocycles. The molecule has 2 unspecified atom stereocenters. The van der Waals surface area contributed by atoms with E-state index in [1.807, 2.05) is 19.1 Å². The van der Waals surface area contributed by atoms with Crippen molar-refractivity contribution < 1.29 is 9.59 Å². The van der Waals surface area contributed by atoms with E-state index in [0.29, 0.717) is 5.69 Å². The normalized spacial score (nSPS) is 24.6. The fourth-order valence-corrected chi connectivity index (χ4v) is 2.29. The van der Waals surface area contributed by atoms with E-state index >= 15 is 0 Å². The Morgan fingerprint density at radius 2 is 1.65 bits per heavy atom. The third-order valence-electron chi connectivity index (χ3n) is 3.38. The summed E-state index contributed by atoms with van der Waals surface area (Å²) in [6.07, 6.45) is 0. The maximum absolute atomic E-state index is 12.0. The van der Waals surface area contributed by atoms with Crippen molar-refractivity contribution in [1.29, 1.82) is 0 Å². The number of rotatable bonds is 1. The second-order valence-corrected chi connectivity index (χ2v) is 5.38. The standard InChI is InChI=1S/C13H14BrNO2/c1-7-4-5-10(6-11(7)14)15-12(16)8(2)9(3)13(15)17/h4-6,8-9H,1-3H3. The molecular formula is C13H14BrNO2. The highest BCUT2D eigenvalue weighted by molar-refractivity contribution is 9.10. The van der Waals surface area contributed by atoms with Gasteiger partial charge in [-0.15, -0.1) is 0 Å². The van der Waals surface area contributed by atoms with Crippen LogP contribution in [0.15, 0.2) is 22.7 Å². The number of carbonyl (C=O) groups is 2. The van der Waals surface area contributed by atoms with Crippen LogP contribution in [0, 0.1) is 18.8 Å². The zero-order valence-corrected chi connectivity index (χ0v) is 11.6. The predicted molar refractivity (Wildman–Crippen MR) is 69.7 cm³/mol. The van der Waals surface area contributed by atoms with Crippen molar-refractivity contribution >= 4 is 33.4 Å². The molecule has 2 rings (SSSR count). The van der Waals surface area contributed by atoms with Gasteiger partial charge in [-0.2, -0.15) is 0 Å². The van der Waals surface area contributed by atoms with Gasteiger partial charge in [-0.3, -0.25) is 14.5 Å². The van der Waals surface area contributed by atoms with Crippen LogP contribution in [0.25, 0.3) is 0 Å². The molecule has 90 valence electrons. The minimum absolute atomic E-state index is 0.113. The number of hydrogen-bond acceptors (Lipinski definition) is 2. The van der Waals surface area contributed by atoms with E-state index in [0.717, 1.165) is 10.0 Å². The summed E-state index contributed by atoms with van der Waals surface area (Å²) in [4.78, 5) is 25.3. The lowest BCUT2D eigenvalue weighted by Crippen LogP contribution is -2.30. The average Bonchev–Trinajstić information content (AvgIpc) is 2.48. The molecule has 0 N–H and O–H groups in total. The molecule has 1 fully saturated rings. The van der Waals surface area contributed by atoms with Crippen LogP contribution in [0.2, 0.25) is 0 Å². The van der Waals surface area contributed by atoms with Gasteiger partial charge in [0.25, 0.3) is 0 Å². The number of benzene rings is 1. The van der Waals surface area contributed by atoms with Crippen LogP contribution in [0.5, 0.6) is 0 Å². The number of aryl methyl sites for hydroxylation is 1. The van der Waals surface area contributed by atoms with Crippen LogP contribution in [-0.4, -0.2) is 11.8 Å². The first kappa shape index (κ1) is 12.3. The smallest absolute Gasteiger partial charge is 0.237 e. The van der Waals surface area contributed by atoms with Crippen molar-refractivity contribution in [1.82, 2.24) is 0 Å². The van der Waals surface area contributed by atoms with Gasteiger partial charge in [0.05, 0.1) is 5.69 Å². The number of halogens is 1. The number of carbonyl (C=O) groups excluding carboxylic acids is 2. The minimum atomic E-state index is -0.234. The lowest BCUT2D eigenvalue weighted by Gasteiger charge is -2.15. The molecular weight excluding hydrogens is 282 g/mol. The molecule has 1 saturated heterocycles. The third kappa shape index (κ3) is 1.90. The molecule has 0 spiro atoms. The van der Waals surface area contributed by atoms with Gasteiger partial charge < -0.3 is 0 Å². The second-order valence-electron chi connectivity index (χ2n) is 4.52. The maximum atomic E-state index is 12.0. The van der Waals surface area contributed by atoms with Crippen molar-refractivity contribution in [2.24, 2.45) is 11.8 Å². The van der Waals surface area contributed by atoms with Gasteiger partial charge in [-0.25, -0.2) is 0 Å². The number of nitrogens with zero attached hydrogens (tertiary/aromatic N) is 1. The lowest BCUT2D eigenvalue weighted by atomic mass is 10.00. The summed E-state index contributed by atoms with van der Waals surface area (Å²) < 4.78 is 0.905. The van der Waals surface area contributed by atoms with E-state index < -0.39 is 0 Å². The van der Waals surface area contributed by atoms with Gasteiger partial charge in [-0.05, 0) is 24.6 Å². The third-order valence-corrected chi connectivity index (χ3v) is 4.24. The van der Waals surface area contributed by atoms with Crippen molar-refractivity contribution in [2.45, 2.75) is 20.8 Å². The van der Waals surface area contributed by atoms with Crippen LogP contribution in [0.3, 0.4) is 0 Å². The first-order chi connectivity index (χ1) is 7.93. The zero-order chi connectivity index (χ0) is 12.7. The van der Waals surface area contributed by atoms with Crippen molar-refractivity contribution in [2.75, 3.05) is 4.90 Å². The van der Waals surface area contributed by atoms with Gasteiger partial charge >= 0.3 is 0 Å². The average molecular weight is 296 g/mol. The van der Waals surface area contributed by atoms with Crippen molar-refractivity contribution in [3.8, 4) is 0 Å². The van der Waals surface area contributed by atoms with E-state index in [4.69, 9.17) is 0 Å². The van der Waals surface area contributed by atoms with Crippen LogP contribution in [-0.2, 0) is 9.59 Å². The second kappa shape index (κ2) is 4.26. The van der Waals surface area contributed by atoms with E-state index in [9.17, 15) is 9.59 Å². The number of imide groups is 1. The molecule has 2 atom stereocenters. The summed E-state index contributed by atoms with van der Waals surface area (Å²) in [6, 6.07) is 5.52. The van der Waals surface area contributed by atoms with Crippen LogP contribution in [0.1, 0.15) is 19.4 Å². The van der Waals surface area contributed by atoms with E-state index in [1.54, 1.807) is 19.9 Å². The number of hydrogen-bond donors (Lipinski definition) is 0. The highest BCUT2D eigenvalue weighted by Crippen LogP contribution is 2.32. The van der Waals surface area contributed by atoms with Gasteiger partial charge in [0.1, 0.15) is 0 Å². The summed E-state index contributed by atoms with van der Waals surface area (Å²) in [5.74, 6) is -0.693. The Labute approximate surface area is 109 Å². The number of anilines is 1. The topological polar surface area (TPSA) is 37.4 Å². The molecule has 0 radical (unpaired) electrons. The Morgan fingerprint density at radius 3 is 2.12 bits per heavy atom. The summed E-state index contributed by atoms with van der Waals surface area (Å²) in [6.45, 7) is 5.56.